The van der Waals surface area contributed by atoms with Gasteiger partial charge >= 0.3 is 0 Å². The minimum atomic E-state index is -2.92. The van der Waals surface area contributed by atoms with Gasteiger partial charge in [0.15, 0.2) is 0 Å². The third-order valence-electron chi connectivity index (χ3n) is 2.94. The average Bonchev–Trinajstić information content (AvgIpc) is 2.34. The van der Waals surface area contributed by atoms with E-state index >= 15 is 0 Å². The summed E-state index contributed by atoms with van der Waals surface area (Å²) >= 11 is 6.15. The Hall–Kier alpha value is -0.580. The molecule has 1 N–H and O–H groups in total. The molecular formula is C14H22ClNO2S. The van der Waals surface area contributed by atoms with Crippen LogP contribution in [0.3, 0.4) is 0 Å². The van der Waals surface area contributed by atoms with Gasteiger partial charge in [-0.05, 0) is 37.4 Å². The lowest BCUT2D eigenvalue weighted by Gasteiger charge is -2.18. The van der Waals surface area contributed by atoms with Gasteiger partial charge < -0.3 is 5.32 Å². The van der Waals surface area contributed by atoms with E-state index in [1.807, 2.05) is 24.3 Å². The van der Waals surface area contributed by atoms with E-state index in [-0.39, 0.29) is 11.8 Å². The molecule has 1 aromatic carbocycles. The van der Waals surface area contributed by atoms with Crippen LogP contribution in [0.15, 0.2) is 24.3 Å². The first-order valence-corrected chi connectivity index (χ1v) is 9.00. The Bertz CT molecular complexity index is 488. The second-order valence-electron chi connectivity index (χ2n) is 4.87. The molecule has 19 heavy (non-hydrogen) atoms. The van der Waals surface area contributed by atoms with Crippen molar-refractivity contribution >= 4 is 21.4 Å². The number of sulfone groups is 1. The van der Waals surface area contributed by atoms with Gasteiger partial charge in [0.05, 0.1) is 5.75 Å². The highest BCUT2D eigenvalue weighted by atomic mass is 35.5. The maximum absolute atomic E-state index is 11.3. The summed E-state index contributed by atoms with van der Waals surface area (Å²) in [5.74, 6) is 0.207. The van der Waals surface area contributed by atoms with Crippen molar-refractivity contribution in [3.05, 3.63) is 34.9 Å². The minimum absolute atomic E-state index is 0.148. The molecule has 0 radical (unpaired) electrons. The van der Waals surface area contributed by atoms with Gasteiger partial charge in [-0.2, -0.15) is 0 Å². The van der Waals surface area contributed by atoms with Crippen LogP contribution in [0.1, 0.15) is 25.3 Å². The van der Waals surface area contributed by atoms with E-state index in [9.17, 15) is 8.42 Å². The highest BCUT2D eigenvalue weighted by Crippen LogP contribution is 2.17. The van der Waals surface area contributed by atoms with Crippen molar-refractivity contribution in [2.45, 2.75) is 32.2 Å². The van der Waals surface area contributed by atoms with Crippen LogP contribution in [0.4, 0.5) is 0 Å². The Morgan fingerprint density at radius 2 is 2.00 bits per heavy atom. The summed E-state index contributed by atoms with van der Waals surface area (Å²) in [6.45, 7) is 2.98. The molecule has 1 aromatic rings. The van der Waals surface area contributed by atoms with Crippen molar-refractivity contribution < 1.29 is 8.42 Å². The predicted molar refractivity (Wildman–Crippen MR) is 81.6 cm³/mol. The van der Waals surface area contributed by atoms with E-state index in [2.05, 4.69) is 12.2 Å². The molecule has 0 aromatic heterocycles. The molecule has 1 rings (SSSR count). The molecule has 108 valence electrons. The predicted octanol–water partition coefficient (Wildman–Crippen LogP) is 2.69. The maximum Gasteiger partial charge on any atom is 0.147 e. The summed E-state index contributed by atoms with van der Waals surface area (Å²) in [5.41, 5.74) is 1.06. The SMILES string of the molecule is CCCNC(CCS(C)(=O)=O)Cc1ccccc1Cl. The van der Waals surface area contributed by atoms with E-state index in [1.165, 1.54) is 6.26 Å². The third kappa shape index (κ3) is 6.95. The molecule has 3 nitrogen and oxygen atoms in total. The van der Waals surface area contributed by atoms with Crippen LogP contribution in [-0.4, -0.2) is 33.0 Å². The van der Waals surface area contributed by atoms with Gasteiger partial charge in [0.25, 0.3) is 0 Å². The van der Waals surface area contributed by atoms with Crippen molar-refractivity contribution in [3.63, 3.8) is 0 Å². The zero-order valence-electron chi connectivity index (χ0n) is 11.5. The van der Waals surface area contributed by atoms with Gasteiger partial charge in [-0.1, -0.05) is 36.7 Å². The fourth-order valence-electron chi connectivity index (χ4n) is 1.91. The molecule has 0 saturated carbocycles. The highest BCUT2D eigenvalue weighted by Gasteiger charge is 2.13. The van der Waals surface area contributed by atoms with Crippen molar-refractivity contribution in [2.75, 3.05) is 18.6 Å². The van der Waals surface area contributed by atoms with Crippen LogP contribution >= 0.6 is 11.6 Å². The topological polar surface area (TPSA) is 46.2 Å². The Labute approximate surface area is 121 Å². The molecule has 0 fully saturated rings. The van der Waals surface area contributed by atoms with Gasteiger partial charge in [0.1, 0.15) is 9.84 Å². The van der Waals surface area contributed by atoms with E-state index in [4.69, 9.17) is 11.6 Å². The fraction of sp³-hybridized carbons (Fsp3) is 0.571. The van der Waals surface area contributed by atoms with Gasteiger partial charge in [0, 0.05) is 17.3 Å². The lowest BCUT2D eigenvalue weighted by molar-refractivity contribution is 0.492. The largest absolute Gasteiger partial charge is 0.314 e. The average molecular weight is 304 g/mol. The second kappa shape index (κ2) is 7.88. The Morgan fingerprint density at radius 3 is 2.58 bits per heavy atom. The molecule has 0 aliphatic rings. The Balaban J connectivity index is 2.66. The Morgan fingerprint density at radius 1 is 1.32 bits per heavy atom. The first-order valence-electron chi connectivity index (χ1n) is 6.57. The van der Waals surface area contributed by atoms with E-state index < -0.39 is 9.84 Å². The standard InChI is InChI=1S/C14H22ClNO2S/c1-3-9-16-13(8-10-19(2,17)18)11-12-6-4-5-7-14(12)15/h4-7,13,16H,3,8-11H2,1-2H3. The van der Waals surface area contributed by atoms with Crippen molar-refractivity contribution in [3.8, 4) is 0 Å². The number of hydrogen-bond donors (Lipinski definition) is 1. The summed E-state index contributed by atoms with van der Waals surface area (Å²) in [5, 5.41) is 4.14. The van der Waals surface area contributed by atoms with Gasteiger partial charge in [-0.3, -0.25) is 0 Å². The third-order valence-corrected chi connectivity index (χ3v) is 4.29. The van der Waals surface area contributed by atoms with E-state index in [0.717, 1.165) is 30.0 Å². The smallest absolute Gasteiger partial charge is 0.147 e. The molecular weight excluding hydrogens is 282 g/mol. The number of hydrogen-bond acceptors (Lipinski definition) is 3. The molecule has 1 atom stereocenters. The van der Waals surface area contributed by atoms with Crippen molar-refractivity contribution in [2.24, 2.45) is 0 Å². The Kier molecular flexibility index (Phi) is 6.83. The van der Waals surface area contributed by atoms with Crippen molar-refractivity contribution in [1.29, 1.82) is 0 Å². The second-order valence-corrected chi connectivity index (χ2v) is 7.53. The van der Waals surface area contributed by atoms with E-state index in [0.29, 0.717) is 6.42 Å². The van der Waals surface area contributed by atoms with Gasteiger partial charge in [-0.25, -0.2) is 8.42 Å². The summed E-state index contributed by atoms with van der Waals surface area (Å²) in [6, 6.07) is 7.86. The first-order chi connectivity index (χ1) is 8.92. The molecule has 0 aliphatic heterocycles. The maximum atomic E-state index is 11.3. The molecule has 0 saturated heterocycles. The van der Waals surface area contributed by atoms with Crippen LogP contribution < -0.4 is 5.32 Å². The number of nitrogens with one attached hydrogen (secondary N) is 1. The molecule has 0 aliphatic carbocycles. The quantitative estimate of drug-likeness (QED) is 0.803. The van der Waals surface area contributed by atoms with Crippen LogP contribution in [-0.2, 0) is 16.3 Å². The molecule has 0 bridgehead atoms. The normalized spacial score (nSPS) is 13.4. The summed E-state index contributed by atoms with van der Waals surface area (Å²) in [6.07, 6.45) is 3.68. The van der Waals surface area contributed by atoms with Crippen molar-refractivity contribution in [1.82, 2.24) is 5.32 Å². The molecule has 1 unspecified atom stereocenters. The minimum Gasteiger partial charge on any atom is -0.314 e. The van der Waals surface area contributed by atoms with Crippen LogP contribution in [0.2, 0.25) is 5.02 Å². The zero-order chi connectivity index (χ0) is 14.3. The fourth-order valence-corrected chi connectivity index (χ4v) is 2.84. The molecule has 0 heterocycles. The number of halogens is 1. The highest BCUT2D eigenvalue weighted by molar-refractivity contribution is 7.90. The van der Waals surface area contributed by atoms with Gasteiger partial charge in [0.2, 0.25) is 0 Å². The summed E-state index contributed by atoms with van der Waals surface area (Å²) in [4.78, 5) is 0. The van der Waals surface area contributed by atoms with E-state index in [1.54, 1.807) is 0 Å². The lowest BCUT2D eigenvalue weighted by atomic mass is 10.0. The number of benzene rings is 1. The molecule has 5 heteroatoms. The first kappa shape index (κ1) is 16.5. The monoisotopic (exact) mass is 303 g/mol. The summed E-state index contributed by atoms with van der Waals surface area (Å²) in [7, 11) is -2.92. The van der Waals surface area contributed by atoms with Gasteiger partial charge in [-0.15, -0.1) is 0 Å². The summed E-state index contributed by atoms with van der Waals surface area (Å²) < 4.78 is 22.6. The zero-order valence-corrected chi connectivity index (χ0v) is 13.1. The van der Waals surface area contributed by atoms with Crippen LogP contribution in [0.5, 0.6) is 0 Å². The number of rotatable bonds is 8. The lowest BCUT2D eigenvalue weighted by Crippen LogP contribution is -2.33. The molecule has 0 spiro atoms. The van der Waals surface area contributed by atoms with Crippen LogP contribution in [0.25, 0.3) is 0 Å². The molecule has 0 amide bonds. The van der Waals surface area contributed by atoms with Crippen LogP contribution in [0, 0.1) is 0 Å².